The van der Waals surface area contributed by atoms with E-state index in [1.807, 2.05) is 13.0 Å². The SMILES string of the molecule is CCN(Cc1ccc(C#N)cc1F)C(=O)C1CNCCO1. The van der Waals surface area contributed by atoms with Crippen molar-refractivity contribution in [2.75, 3.05) is 26.2 Å². The molecule has 0 saturated carbocycles. The number of carbonyl (C=O) groups is 1. The summed E-state index contributed by atoms with van der Waals surface area (Å²) in [5, 5.41) is 11.8. The van der Waals surface area contributed by atoms with Crippen LogP contribution >= 0.6 is 0 Å². The summed E-state index contributed by atoms with van der Waals surface area (Å²) >= 11 is 0. The Hall–Kier alpha value is -1.97. The molecule has 1 fully saturated rings. The molecule has 1 aliphatic rings. The minimum Gasteiger partial charge on any atom is -0.366 e. The minimum atomic E-state index is -0.514. The predicted molar refractivity (Wildman–Crippen MR) is 74.8 cm³/mol. The first-order valence-corrected chi connectivity index (χ1v) is 6.95. The number of hydrogen-bond acceptors (Lipinski definition) is 4. The second-order valence-electron chi connectivity index (χ2n) is 4.83. The number of nitrogens with one attached hydrogen (secondary N) is 1. The standard InChI is InChI=1S/C15H18FN3O2/c1-2-19(15(20)14-9-18-5-6-21-14)10-12-4-3-11(8-17)7-13(12)16/h3-4,7,14,18H,2,5-6,9-10H2,1H3. The largest absolute Gasteiger partial charge is 0.366 e. The first-order valence-electron chi connectivity index (χ1n) is 6.95. The lowest BCUT2D eigenvalue weighted by molar-refractivity contribution is -0.145. The Kier molecular flexibility index (Phi) is 5.26. The summed E-state index contributed by atoms with van der Waals surface area (Å²) in [6.45, 7) is 4.20. The Labute approximate surface area is 123 Å². The van der Waals surface area contributed by atoms with Crippen molar-refractivity contribution in [1.29, 1.82) is 5.26 Å². The van der Waals surface area contributed by atoms with E-state index < -0.39 is 11.9 Å². The van der Waals surface area contributed by atoms with E-state index in [4.69, 9.17) is 10.00 Å². The zero-order chi connectivity index (χ0) is 15.2. The highest BCUT2D eigenvalue weighted by Crippen LogP contribution is 2.14. The maximum absolute atomic E-state index is 13.9. The first kappa shape index (κ1) is 15.4. The molecule has 5 nitrogen and oxygen atoms in total. The molecule has 1 aromatic carbocycles. The van der Waals surface area contributed by atoms with E-state index in [2.05, 4.69) is 5.32 Å². The van der Waals surface area contributed by atoms with Gasteiger partial charge >= 0.3 is 0 Å². The van der Waals surface area contributed by atoms with E-state index in [0.29, 0.717) is 25.3 Å². The number of ether oxygens (including phenoxy) is 1. The number of likely N-dealkylation sites (N-methyl/N-ethyl adjacent to an activating group) is 1. The second kappa shape index (κ2) is 7.16. The number of carbonyl (C=O) groups excluding carboxylic acids is 1. The van der Waals surface area contributed by atoms with Gasteiger partial charge in [-0.15, -0.1) is 0 Å². The lowest BCUT2D eigenvalue weighted by Crippen LogP contribution is -2.49. The van der Waals surface area contributed by atoms with Crippen molar-refractivity contribution >= 4 is 5.91 Å². The van der Waals surface area contributed by atoms with Gasteiger partial charge in [0, 0.05) is 31.7 Å². The normalized spacial score (nSPS) is 18.0. The van der Waals surface area contributed by atoms with Crippen molar-refractivity contribution in [2.45, 2.75) is 19.6 Å². The summed E-state index contributed by atoms with van der Waals surface area (Å²) in [6.07, 6.45) is -0.514. The number of rotatable bonds is 4. The molecule has 2 rings (SSSR count). The number of amides is 1. The maximum Gasteiger partial charge on any atom is 0.253 e. The molecule has 0 radical (unpaired) electrons. The molecule has 0 spiro atoms. The minimum absolute atomic E-state index is 0.145. The van der Waals surface area contributed by atoms with Crippen molar-refractivity contribution in [3.63, 3.8) is 0 Å². The lowest BCUT2D eigenvalue weighted by atomic mass is 10.1. The third-order valence-corrected chi connectivity index (χ3v) is 3.44. The number of benzene rings is 1. The summed E-state index contributed by atoms with van der Waals surface area (Å²) in [7, 11) is 0. The van der Waals surface area contributed by atoms with Crippen LogP contribution in [0.5, 0.6) is 0 Å². The fourth-order valence-electron chi connectivity index (χ4n) is 2.22. The molecule has 0 aromatic heterocycles. The van der Waals surface area contributed by atoms with Gasteiger partial charge < -0.3 is 15.0 Å². The number of hydrogen-bond donors (Lipinski definition) is 1. The van der Waals surface area contributed by atoms with Crippen LogP contribution in [0.4, 0.5) is 4.39 Å². The lowest BCUT2D eigenvalue weighted by Gasteiger charge is -2.29. The molecule has 6 heteroatoms. The first-order chi connectivity index (χ1) is 10.2. The molecule has 1 aliphatic heterocycles. The zero-order valence-corrected chi connectivity index (χ0v) is 11.9. The van der Waals surface area contributed by atoms with Gasteiger partial charge in [0.15, 0.2) is 0 Å². The van der Waals surface area contributed by atoms with Crippen molar-refractivity contribution in [3.05, 3.63) is 35.1 Å². The molecule has 1 aromatic rings. The van der Waals surface area contributed by atoms with Gasteiger partial charge in [0.25, 0.3) is 5.91 Å². The molecule has 1 saturated heterocycles. The van der Waals surface area contributed by atoms with Gasteiger partial charge in [0.1, 0.15) is 11.9 Å². The van der Waals surface area contributed by atoms with Crippen molar-refractivity contribution in [1.82, 2.24) is 10.2 Å². The Bertz CT molecular complexity index is 550. The van der Waals surface area contributed by atoms with E-state index in [1.54, 1.807) is 17.0 Å². The van der Waals surface area contributed by atoms with Gasteiger partial charge in [-0.1, -0.05) is 6.07 Å². The highest BCUT2D eigenvalue weighted by atomic mass is 19.1. The molecule has 21 heavy (non-hydrogen) atoms. The molecular formula is C15H18FN3O2. The second-order valence-corrected chi connectivity index (χ2v) is 4.83. The number of halogens is 1. The smallest absolute Gasteiger partial charge is 0.253 e. The third kappa shape index (κ3) is 3.78. The van der Waals surface area contributed by atoms with Gasteiger partial charge in [-0.3, -0.25) is 4.79 Å². The molecule has 1 heterocycles. The number of morpholine rings is 1. The monoisotopic (exact) mass is 291 g/mol. The quantitative estimate of drug-likeness (QED) is 0.900. The Balaban J connectivity index is 2.08. The molecule has 112 valence electrons. The average Bonchev–Trinajstić information content (AvgIpc) is 2.54. The van der Waals surface area contributed by atoms with Gasteiger partial charge in [-0.2, -0.15) is 5.26 Å². The summed E-state index contributed by atoms with van der Waals surface area (Å²) in [5.74, 6) is -0.614. The summed E-state index contributed by atoms with van der Waals surface area (Å²) < 4.78 is 19.3. The van der Waals surface area contributed by atoms with Gasteiger partial charge in [0.05, 0.1) is 18.2 Å². The summed E-state index contributed by atoms with van der Waals surface area (Å²) in [4.78, 5) is 13.9. The average molecular weight is 291 g/mol. The molecule has 0 aliphatic carbocycles. The Morgan fingerprint density at radius 1 is 1.62 bits per heavy atom. The number of nitriles is 1. The van der Waals surface area contributed by atoms with Crippen LogP contribution in [0.2, 0.25) is 0 Å². The van der Waals surface area contributed by atoms with Crippen molar-refractivity contribution in [3.8, 4) is 6.07 Å². The molecule has 1 unspecified atom stereocenters. The molecular weight excluding hydrogens is 273 g/mol. The van der Waals surface area contributed by atoms with E-state index in [-0.39, 0.29) is 18.0 Å². The van der Waals surface area contributed by atoms with Crippen LogP contribution in [0.25, 0.3) is 0 Å². The maximum atomic E-state index is 13.9. The van der Waals surface area contributed by atoms with Crippen molar-refractivity contribution < 1.29 is 13.9 Å². The molecule has 1 N–H and O–H groups in total. The van der Waals surface area contributed by atoms with Crippen LogP contribution in [-0.2, 0) is 16.1 Å². The highest BCUT2D eigenvalue weighted by molar-refractivity contribution is 5.81. The van der Waals surface area contributed by atoms with E-state index in [1.165, 1.54) is 6.07 Å². The van der Waals surface area contributed by atoms with Gasteiger partial charge in [-0.05, 0) is 19.1 Å². The topological polar surface area (TPSA) is 65.4 Å². The predicted octanol–water partition coefficient (Wildman–Crippen LogP) is 1.03. The zero-order valence-electron chi connectivity index (χ0n) is 11.9. The molecule has 1 atom stereocenters. The Morgan fingerprint density at radius 2 is 2.43 bits per heavy atom. The number of nitrogens with zero attached hydrogens (tertiary/aromatic N) is 2. The van der Waals surface area contributed by atoms with Crippen LogP contribution < -0.4 is 5.32 Å². The van der Waals surface area contributed by atoms with Crippen LogP contribution in [0.1, 0.15) is 18.1 Å². The summed E-state index contributed by atoms with van der Waals surface area (Å²) in [6, 6.07) is 6.17. The molecule has 0 bridgehead atoms. The van der Waals surface area contributed by atoms with Crippen LogP contribution in [0.15, 0.2) is 18.2 Å². The molecule has 1 amide bonds. The third-order valence-electron chi connectivity index (χ3n) is 3.44. The fourth-order valence-corrected chi connectivity index (χ4v) is 2.22. The van der Waals surface area contributed by atoms with E-state index in [9.17, 15) is 9.18 Å². The fraction of sp³-hybridized carbons (Fsp3) is 0.467. The Morgan fingerprint density at radius 3 is 3.00 bits per heavy atom. The van der Waals surface area contributed by atoms with Crippen LogP contribution in [-0.4, -0.2) is 43.2 Å². The van der Waals surface area contributed by atoms with Gasteiger partial charge in [-0.25, -0.2) is 4.39 Å². The van der Waals surface area contributed by atoms with Crippen LogP contribution in [0, 0.1) is 17.1 Å². The highest BCUT2D eigenvalue weighted by Gasteiger charge is 2.26. The van der Waals surface area contributed by atoms with Crippen molar-refractivity contribution in [2.24, 2.45) is 0 Å². The van der Waals surface area contributed by atoms with Crippen LogP contribution in [0.3, 0.4) is 0 Å². The van der Waals surface area contributed by atoms with E-state index in [0.717, 1.165) is 6.54 Å². The van der Waals surface area contributed by atoms with Gasteiger partial charge in [0.2, 0.25) is 0 Å². The van der Waals surface area contributed by atoms with E-state index >= 15 is 0 Å². The summed E-state index contributed by atoms with van der Waals surface area (Å²) in [5.41, 5.74) is 0.665.